The molecule has 10 nitrogen and oxygen atoms in total. The SMILES string of the molecule is CCc1ccc(C=NN(Cc2ccc(OC)cc2)Cc2ccc(OC)cc2)o1.COc1ccc(CN(Cc2ccc(OC)cc2)N=Cc2ccco2)cc1. The Balaban J connectivity index is 0.000000208. The highest BCUT2D eigenvalue weighted by atomic mass is 16.5. The summed E-state index contributed by atoms with van der Waals surface area (Å²) in [6.07, 6.45) is 6.01. The zero-order valence-corrected chi connectivity index (χ0v) is 31.6. The maximum atomic E-state index is 5.74. The molecule has 0 aliphatic rings. The van der Waals surface area contributed by atoms with Crippen molar-refractivity contribution in [1.29, 1.82) is 0 Å². The fraction of sp³-hybridized carbons (Fsp3) is 0.227. The molecule has 0 unspecified atom stereocenters. The van der Waals surface area contributed by atoms with Crippen molar-refractivity contribution in [2.45, 2.75) is 39.5 Å². The third-order valence-corrected chi connectivity index (χ3v) is 8.37. The van der Waals surface area contributed by atoms with Gasteiger partial charge in [0.05, 0.1) is 73.3 Å². The Morgan fingerprint density at radius 2 is 0.852 bits per heavy atom. The number of furan rings is 2. The smallest absolute Gasteiger partial charge is 0.147 e. The molecule has 6 rings (SSSR count). The first kappa shape index (κ1) is 38.8. The van der Waals surface area contributed by atoms with Gasteiger partial charge < -0.3 is 27.8 Å². The maximum Gasteiger partial charge on any atom is 0.147 e. The predicted octanol–water partition coefficient (Wildman–Crippen LogP) is 9.23. The summed E-state index contributed by atoms with van der Waals surface area (Å²) in [5.41, 5.74) is 4.60. The van der Waals surface area contributed by atoms with Crippen LogP contribution in [0.1, 0.15) is 46.5 Å². The van der Waals surface area contributed by atoms with Crippen molar-refractivity contribution < 1.29 is 27.8 Å². The normalized spacial score (nSPS) is 10.9. The summed E-state index contributed by atoms with van der Waals surface area (Å²) < 4.78 is 32.0. The molecule has 54 heavy (non-hydrogen) atoms. The van der Waals surface area contributed by atoms with E-state index in [1.807, 2.05) is 107 Å². The molecule has 0 fully saturated rings. The molecule has 0 amide bonds. The second-order valence-corrected chi connectivity index (χ2v) is 12.2. The van der Waals surface area contributed by atoms with Crippen molar-refractivity contribution in [3.63, 3.8) is 0 Å². The minimum absolute atomic E-state index is 0.674. The highest BCUT2D eigenvalue weighted by Crippen LogP contribution is 2.19. The molecule has 6 aromatic rings. The topological polar surface area (TPSA) is 94.4 Å². The summed E-state index contributed by atoms with van der Waals surface area (Å²) in [5.74, 6) is 5.81. The van der Waals surface area contributed by atoms with Crippen molar-refractivity contribution >= 4 is 12.4 Å². The van der Waals surface area contributed by atoms with E-state index in [2.05, 4.69) is 41.4 Å². The highest BCUT2D eigenvalue weighted by molar-refractivity contribution is 5.75. The zero-order chi connectivity index (χ0) is 38.0. The highest BCUT2D eigenvalue weighted by Gasteiger charge is 2.08. The molecule has 280 valence electrons. The molecule has 2 heterocycles. The number of hydrogen-bond acceptors (Lipinski definition) is 10. The summed E-state index contributed by atoms with van der Waals surface area (Å²) in [4.78, 5) is 0. The lowest BCUT2D eigenvalue weighted by Gasteiger charge is -2.19. The first-order valence-corrected chi connectivity index (χ1v) is 17.7. The van der Waals surface area contributed by atoms with E-state index in [-0.39, 0.29) is 0 Å². The van der Waals surface area contributed by atoms with Crippen molar-refractivity contribution in [2.24, 2.45) is 10.2 Å². The van der Waals surface area contributed by atoms with Gasteiger partial charge in [0.2, 0.25) is 0 Å². The van der Waals surface area contributed by atoms with Gasteiger partial charge in [-0.3, -0.25) is 10.0 Å². The van der Waals surface area contributed by atoms with Crippen LogP contribution < -0.4 is 18.9 Å². The number of rotatable bonds is 17. The molecule has 4 aromatic carbocycles. The van der Waals surface area contributed by atoms with Crippen molar-refractivity contribution in [1.82, 2.24) is 10.0 Å². The molecule has 0 saturated carbocycles. The van der Waals surface area contributed by atoms with E-state index in [1.54, 1.807) is 47.1 Å². The van der Waals surface area contributed by atoms with Gasteiger partial charge in [0, 0.05) is 6.42 Å². The Labute approximate surface area is 317 Å². The van der Waals surface area contributed by atoms with Gasteiger partial charge >= 0.3 is 0 Å². The van der Waals surface area contributed by atoms with E-state index >= 15 is 0 Å². The van der Waals surface area contributed by atoms with Gasteiger partial charge in [-0.25, -0.2) is 0 Å². The van der Waals surface area contributed by atoms with Crippen LogP contribution in [-0.2, 0) is 32.6 Å². The fourth-order valence-electron chi connectivity index (χ4n) is 5.34. The van der Waals surface area contributed by atoms with Gasteiger partial charge in [0.25, 0.3) is 0 Å². The van der Waals surface area contributed by atoms with Gasteiger partial charge in [-0.2, -0.15) is 10.2 Å². The van der Waals surface area contributed by atoms with Gasteiger partial charge in [-0.1, -0.05) is 55.5 Å². The standard InChI is InChI=1S/C23H26N2O3.C21H22N2O3/c1-4-20-13-14-23(28-20)15-24-25(16-18-5-9-21(26-2)10-6-18)17-19-7-11-22(27-3)12-8-19;1-24-19-9-5-17(6-10-19)15-23(22-14-21-4-3-13-26-21)16-18-7-11-20(25-2)12-8-18/h5-15H,4,16-17H2,1-3H3;3-14H,15-16H2,1-2H3. The van der Waals surface area contributed by atoms with Crippen molar-refractivity contribution in [2.75, 3.05) is 28.4 Å². The molecular weight excluding hydrogens is 681 g/mol. The maximum absolute atomic E-state index is 5.74. The molecule has 0 radical (unpaired) electrons. The summed E-state index contributed by atoms with van der Waals surface area (Å²) in [6, 6.07) is 39.7. The van der Waals surface area contributed by atoms with Crippen LogP contribution >= 0.6 is 0 Å². The molecule has 2 aromatic heterocycles. The van der Waals surface area contributed by atoms with Crippen LogP contribution in [0.15, 0.2) is 147 Å². The first-order valence-electron chi connectivity index (χ1n) is 17.7. The van der Waals surface area contributed by atoms with Crippen LogP contribution in [0.3, 0.4) is 0 Å². The van der Waals surface area contributed by atoms with E-state index < -0.39 is 0 Å². The van der Waals surface area contributed by atoms with Crippen molar-refractivity contribution in [3.8, 4) is 23.0 Å². The van der Waals surface area contributed by atoms with E-state index in [1.165, 1.54) is 0 Å². The Hall–Kier alpha value is -6.42. The number of benzene rings is 4. The van der Waals surface area contributed by atoms with Gasteiger partial charge in [0.15, 0.2) is 0 Å². The molecule has 0 N–H and O–H groups in total. The number of aryl methyl sites for hydroxylation is 1. The Morgan fingerprint density at radius 1 is 0.481 bits per heavy atom. The lowest BCUT2D eigenvalue weighted by Crippen LogP contribution is -2.17. The van der Waals surface area contributed by atoms with Gasteiger partial charge in [0.1, 0.15) is 40.3 Å². The van der Waals surface area contributed by atoms with Crippen molar-refractivity contribution in [3.05, 3.63) is 167 Å². The first-order chi connectivity index (χ1) is 26.5. The average molecular weight is 729 g/mol. The zero-order valence-electron chi connectivity index (χ0n) is 31.6. The average Bonchev–Trinajstić information content (AvgIpc) is 3.93. The number of hydrazone groups is 2. The molecule has 0 bridgehead atoms. The summed E-state index contributed by atoms with van der Waals surface area (Å²) in [6.45, 7) is 4.77. The quantitative estimate of drug-likeness (QED) is 0.0678. The molecule has 10 heteroatoms. The number of methoxy groups -OCH3 is 4. The Morgan fingerprint density at radius 3 is 1.15 bits per heavy atom. The molecular formula is C44H48N4O6. The lowest BCUT2D eigenvalue weighted by molar-refractivity contribution is 0.271. The Bertz CT molecular complexity index is 1890. The molecule has 0 spiro atoms. The second kappa shape index (κ2) is 20.6. The van der Waals surface area contributed by atoms with E-state index in [0.717, 1.165) is 69.0 Å². The molecule has 0 atom stereocenters. The number of nitrogens with zero attached hydrogens (tertiary/aromatic N) is 4. The van der Waals surface area contributed by atoms with Gasteiger partial charge in [-0.15, -0.1) is 0 Å². The molecule has 0 aliphatic heterocycles. The third-order valence-electron chi connectivity index (χ3n) is 8.37. The van der Waals surface area contributed by atoms with Gasteiger partial charge in [-0.05, 0) is 95.1 Å². The third kappa shape index (κ3) is 12.4. The van der Waals surface area contributed by atoms with Crippen LogP contribution in [0.25, 0.3) is 0 Å². The summed E-state index contributed by atoms with van der Waals surface area (Å²) in [7, 11) is 6.67. The van der Waals surface area contributed by atoms with Crippen LogP contribution in [-0.4, -0.2) is 50.9 Å². The fourth-order valence-corrected chi connectivity index (χ4v) is 5.34. The molecule has 0 saturated heterocycles. The number of hydrogen-bond donors (Lipinski definition) is 0. The second-order valence-electron chi connectivity index (χ2n) is 12.2. The van der Waals surface area contributed by atoms with Crippen LogP contribution in [0.4, 0.5) is 0 Å². The minimum atomic E-state index is 0.674. The van der Waals surface area contributed by atoms with E-state index in [4.69, 9.17) is 27.8 Å². The summed E-state index contributed by atoms with van der Waals surface area (Å²) in [5, 5.41) is 13.3. The van der Waals surface area contributed by atoms with Crippen LogP contribution in [0.2, 0.25) is 0 Å². The predicted molar refractivity (Wildman–Crippen MR) is 212 cm³/mol. The van der Waals surface area contributed by atoms with E-state index in [9.17, 15) is 0 Å². The largest absolute Gasteiger partial charge is 0.497 e. The Kier molecular flexibility index (Phi) is 14.8. The summed E-state index contributed by atoms with van der Waals surface area (Å²) >= 11 is 0. The van der Waals surface area contributed by atoms with Crippen LogP contribution in [0, 0.1) is 0 Å². The minimum Gasteiger partial charge on any atom is -0.497 e. The number of ether oxygens (including phenoxy) is 4. The molecule has 0 aliphatic carbocycles. The lowest BCUT2D eigenvalue weighted by atomic mass is 10.2. The van der Waals surface area contributed by atoms with Crippen LogP contribution in [0.5, 0.6) is 23.0 Å². The van der Waals surface area contributed by atoms with E-state index in [0.29, 0.717) is 26.2 Å². The monoisotopic (exact) mass is 728 g/mol.